The minimum atomic E-state index is -4.03. The third-order valence-corrected chi connectivity index (χ3v) is 6.43. The summed E-state index contributed by atoms with van der Waals surface area (Å²) in [7, 11) is -4.03. The molecule has 1 fully saturated rings. The number of H-pyrrole nitrogens is 1. The van der Waals surface area contributed by atoms with Gasteiger partial charge in [0, 0.05) is 24.2 Å². The quantitative estimate of drug-likeness (QED) is 0.685. The zero-order valence-corrected chi connectivity index (χ0v) is 15.4. The van der Waals surface area contributed by atoms with Gasteiger partial charge in [-0.3, -0.25) is 9.78 Å². The van der Waals surface area contributed by atoms with Gasteiger partial charge in [0.2, 0.25) is 15.9 Å². The van der Waals surface area contributed by atoms with Crippen LogP contribution >= 0.6 is 11.6 Å². The number of amides is 1. The Labute approximate surface area is 158 Å². The Kier molecular flexibility index (Phi) is 4.29. The maximum absolute atomic E-state index is 13.2. The van der Waals surface area contributed by atoms with Crippen LogP contribution in [0, 0.1) is 0 Å². The van der Waals surface area contributed by atoms with Crippen molar-refractivity contribution >= 4 is 38.6 Å². The van der Waals surface area contributed by atoms with Crippen molar-refractivity contribution in [3.63, 3.8) is 0 Å². The summed E-state index contributed by atoms with van der Waals surface area (Å²) < 4.78 is 32.5. The summed E-state index contributed by atoms with van der Waals surface area (Å²) in [5, 5.41) is 3.09. The molecule has 1 aliphatic heterocycles. The zero-order chi connectivity index (χ0) is 19.2. The molecule has 0 bridgehead atoms. The largest absolute Gasteiger partial charge is 0.417 e. The molecule has 140 valence electrons. The summed E-state index contributed by atoms with van der Waals surface area (Å²) >= 11 is 6.01. The summed E-state index contributed by atoms with van der Waals surface area (Å²) in [5.41, 5.74) is 0.987. The molecule has 2 N–H and O–H groups in total. The van der Waals surface area contributed by atoms with Gasteiger partial charge in [0.1, 0.15) is 6.04 Å². The van der Waals surface area contributed by atoms with Gasteiger partial charge in [0.05, 0.1) is 10.4 Å². The van der Waals surface area contributed by atoms with Gasteiger partial charge >= 0.3 is 5.76 Å². The Morgan fingerprint density at radius 3 is 2.74 bits per heavy atom. The number of hydrogen-bond acceptors (Lipinski definition) is 5. The van der Waals surface area contributed by atoms with Crippen LogP contribution in [0.3, 0.4) is 0 Å². The van der Waals surface area contributed by atoms with Gasteiger partial charge in [0.25, 0.3) is 0 Å². The van der Waals surface area contributed by atoms with Gasteiger partial charge in [0.15, 0.2) is 5.58 Å². The van der Waals surface area contributed by atoms with Crippen LogP contribution in [0.15, 0.2) is 56.6 Å². The molecule has 0 spiro atoms. The van der Waals surface area contributed by atoms with Crippen LogP contribution in [0.4, 0.5) is 0 Å². The van der Waals surface area contributed by atoms with E-state index in [2.05, 4.69) is 10.3 Å². The van der Waals surface area contributed by atoms with E-state index in [9.17, 15) is 18.0 Å². The number of benzene rings is 2. The first-order valence-electron chi connectivity index (χ1n) is 8.04. The fraction of sp³-hybridized carbons (Fsp3) is 0.176. The highest BCUT2D eigenvalue weighted by molar-refractivity contribution is 7.89. The van der Waals surface area contributed by atoms with E-state index in [4.69, 9.17) is 16.0 Å². The molecule has 27 heavy (non-hydrogen) atoms. The van der Waals surface area contributed by atoms with Crippen molar-refractivity contribution in [1.29, 1.82) is 0 Å². The minimum Gasteiger partial charge on any atom is -0.408 e. The standard InChI is InChI=1S/C17H14ClN3O5S/c18-11-3-1-2-10(8-11)15-16(22)19-6-7-21(15)27(24,25)12-4-5-13-14(9-12)26-17(23)20-13/h1-5,8-9,15H,6-7H2,(H,19,22)(H,20,23). The lowest BCUT2D eigenvalue weighted by Gasteiger charge is -2.34. The molecular formula is C17H14ClN3O5S. The van der Waals surface area contributed by atoms with Crippen LogP contribution in [0.25, 0.3) is 11.1 Å². The lowest BCUT2D eigenvalue weighted by atomic mass is 10.0. The van der Waals surface area contributed by atoms with Gasteiger partial charge in [-0.25, -0.2) is 13.2 Å². The molecule has 0 saturated carbocycles. The highest BCUT2D eigenvalue weighted by Gasteiger charge is 2.39. The number of sulfonamides is 1. The summed E-state index contributed by atoms with van der Waals surface area (Å²) in [6.45, 7) is 0.289. The average molecular weight is 408 g/mol. The summed E-state index contributed by atoms with van der Waals surface area (Å²) in [5.74, 6) is -1.10. The van der Waals surface area contributed by atoms with Crippen molar-refractivity contribution < 1.29 is 17.6 Å². The second kappa shape index (κ2) is 6.52. The predicted octanol–water partition coefficient (Wildman–Crippen LogP) is 1.64. The predicted molar refractivity (Wildman–Crippen MR) is 97.9 cm³/mol. The molecule has 1 unspecified atom stereocenters. The first-order chi connectivity index (χ1) is 12.9. The smallest absolute Gasteiger partial charge is 0.408 e. The molecule has 1 amide bonds. The molecular weight excluding hydrogens is 394 g/mol. The van der Waals surface area contributed by atoms with Crippen molar-refractivity contribution in [2.24, 2.45) is 0 Å². The minimum absolute atomic E-state index is 0.0699. The number of aromatic nitrogens is 1. The van der Waals surface area contributed by atoms with E-state index in [0.29, 0.717) is 16.1 Å². The van der Waals surface area contributed by atoms with Gasteiger partial charge < -0.3 is 9.73 Å². The fourth-order valence-corrected chi connectivity index (χ4v) is 4.91. The molecule has 1 saturated heterocycles. The van der Waals surface area contributed by atoms with Crippen LogP contribution < -0.4 is 11.1 Å². The Morgan fingerprint density at radius 1 is 1.15 bits per heavy atom. The van der Waals surface area contributed by atoms with E-state index in [1.807, 2.05) is 0 Å². The number of piperazine rings is 1. The number of rotatable bonds is 3. The van der Waals surface area contributed by atoms with Crippen LogP contribution in [0.5, 0.6) is 0 Å². The number of aromatic amines is 1. The SMILES string of the molecule is O=C1NCCN(S(=O)(=O)c2ccc3[nH]c(=O)oc3c2)C1c1cccc(Cl)c1. The lowest BCUT2D eigenvalue weighted by molar-refractivity contribution is -0.126. The van der Waals surface area contributed by atoms with Crippen molar-refractivity contribution in [2.75, 3.05) is 13.1 Å². The monoisotopic (exact) mass is 407 g/mol. The summed E-state index contributed by atoms with van der Waals surface area (Å²) in [6, 6.07) is 9.56. The van der Waals surface area contributed by atoms with Crippen LogP contribution in [0.2, 0.25) is 5.02 Å². The number of nitrogens with one attached hydrogen (secondary N) is 2. The second-order valence-electron chi connectivity index (χ2n) is 6.04. The molecule has 1 atom stereocenters. The van der Waals surface area contributed by atoms with Crippen molar-refractivity contribution in [1.82, 2.24) is 14.6 Å². The molecule has 2 aromatic carbocycles. The van der Waals surface area contributed by atoms with E-state index in [-0.39, 0.29) is 23.6 Å². The van der Waals surface area contributed by atoms with Gasteiger partial charge in [-0.05, 0) is 29.8 Å². The van der Waals surface area contributed by atoms with E-state index in [0.717, 1.165) is 4.31 Å². The molecule has 1 aliphatic rings. The fourth-order valence-electron chi connectivity index (χ4n) is 3.12. The molecule has 0 radical (unpaired) electrons. The number of nitrogens with zero attached hydrogens (tertiary/aromatic N) is 1. The molecule has 4 rings (SSSR count). The number of oxazole rings is 1. The van der Waals surface area contributed by atoms with Crippen LogP contribution in [-0.2, 0) is 14.8 Å². The maximum atomic E-state index is 13.2. The molecule has 0 aliphatic carbocycles. The first-order valence-corrected chi connectivity index (χ1v) is 9.86. The highest BCUT2D eigenvalue weighted by atomic mass is 35.5. The van der Waals surface area contributed by atoms with Crippen molar-refractivity contribution in [3.8, 4) is 0 Å². The molecule has 10 heteroatoms. The molecule has 3 aromatic rings. The average Bonchev–Trinajstić information content (AvgIpc) is 3.00. The number of carbonyl (C=O) groups excluding carboxylic acids is 1. The third-order valence-electron chi connectivity index (χ3n) is 4.33. The van der Waals surface area contributed by atoms with Crippen molar-refractivity contribution in [3.05, 3.63) is 63.6 Å². The molecule has 8 nitrogen and oxygen atoms in total. The third kappa shape index (κ3) is 3.14. The Hall–Kier alpha value is -2.62. The van der Waals surface area contributed by atoms with E-state index < -0.39 is 27.7 Å². The van der Waals surface area contributed by atoms with E-state index >= 15 is 0 Å². The lowest BCUT2D eigenvalue weighted by Crippen LogP contribution is -2.52. The summed E-state index contributed by atoms with van der Waals surface area (Å²) in [4.78, 5) is 26.2. The number of carbonyl (C=O) groups is 1. The second-order valence-corrected chi connectivity index (χ2v) is 8.36. The highest BCUT2D eigenvalue weighted by Crippen LogP contribution is 2.31. The summed E-state index contributed by atoms with van der Waals surface area (Å²) in [6.07, 6.45) is 0. The number of fused-ring (bicyclic) bond motifs is 1. The first kappa shape index (κ1) is 17.8. The maximum Gasteiger partial charge on any atom is 0.417 e. The van der Waals surface area contributed by atoms with Crippen LogP contribution in [0.1, 0.15) is 11.6 Å². The van der Waals surface area contributed by atoms with Crippen LogP contribution in [-0.4, -0.2) is 36.7 Å². The normalized spacial score (nSPS) is 18.6. The topological polar surface area (TPSA) is 112 Å². The van der Waals surface area contributed by atoms with E-state index in [1.54, 1.807) is 24.3 Å². The Bertz CT molecular complexity index is 1200. The van der Waals surface area contributed by atoms with Crippen molar-refractivity contribution in [2.45, 2.75) is 10.9 Å². The Balaban J connectivity index is 1.81. The van der Waals surface area contributed by atoms with Gasteiger partial charge in [-0.2, -0.15) is 4.31 Å². The number of hydrogen-bond donors (Lipinski definition) is 2. The van der Waals surface area contributed by atoms with E-state index in [1.165, 1.54) is 18.2 Å². The molecule has 1 aromatic heterocycles. The number of halogens is 1. The van der Waals surface area contributed by atoms with Gasteiger partial charge in [-0.15, -0.1) is 0 Å². The Morgan fingerprint density at radius 2 is 1.96 bits per heavy atom. The molecule has 2 heterocycles. The zero-order valence-electron chi connectivity index (χ0n) is 13.8. The van der Waals surface area contributed by atoms with Gasteiger partial charge in [-0.1, -0.05) is 23.7 Å².